The van der Waals surface area contributed by atoms with Gasteiger partial charge in [0, 0.05) is 31.5 Å². The van der Waals surface area contributed by atoms with Crippen molar-refractivity contribution in [2.24, 2.45) is 5.92 Å². The van der Waals surface area contributed by atoms with Crippen LogP contribution in [-0.2, 0) is 26.2 Å². The van der Waals surface area contributed by atoms with E-state index in [1.165, 1.54) is 16.4 Å². The molecule has 5 rings (SSSR count). The Morgan fingerprint density at radius 1 is 1.09 bits per heavy atom. The maximum Gasteiger partial charge on any atom is 0.309 e. The maximum atomic E-state index is 13.1. The van der Waals surface area contributed by atoms with Crippen LogP contribution < -0.4 is 9.47 Å². The van der Waals surface area contributed by atoms with Crippen molar-refractivity contribution in [1.82, 2.24) is 13.7 Å². The van der Waals surface area contributed by atoms with Gasteiger partial charge in [0.05, 0.1) is 21.5 Å². The van der Waals surface area contributed by atoms with E-state index in [9.17, 15) is 13.2 Å². The molecular formula is C22H22ClN3O6S. The number of pyridine rings is 1. The van der Waals surface area contributed by atoms with E-state index in [2.05, 4.69) is 4.98 Å². The first-order valence-electron chi connectivity index (χ1n) is 10.6. The van der Waals surface area contributed by atoms with Gasteiger partial charge in [0.15, 0.2) is 11.5 Å². The van der Waals surface area contributed by atoms with Gasteiger partial charge in [-0.3, -0.25) is 4.79 Å². The highest BCUT2D eigenvalue weighted by Gasteiger charge is 2.33. The molecule has 174 valence electrons. The van der Waals surface area contributed by atoms with E-state index in [1.54, 1.807) is 35.0 Å². The molecule has 3 aromatic rings. The molecule has 33 heavy (non-hydrogen) atoms. The van der Waals surface area contributed by atoms with Gasteiger partial charge in [0.2, 0.25) is 10.0 Å². The van der Waals surface area contributed by atoms with Gasteiger partial charge in [-0.2, -0.15) is 4.31 Å². The molecule has 0 atom stereocenters. The van der Waals surface area contributed by atoms with Crippen molar-refractivity contribution in [1.29, 1.82) is 0 Å². The number of aromatic nitrogens is 2. The molecule has 2 aliphatic heterocycles. The molecule has 0 saturated carbocycles. The molecule has 0 aliphatic carbocycles. The largest absolute Gasteiger partial charge is 0.486 e. The molecule has 1 aromatic carbocycles. The molecule has 0 unspecified atom stereocenters. The van der Waals surface area contributed by atoms with Crippen LogP contribution in [0.5, 0.6) is 11.5 Å². The lowest BCUT2D eigenvalue weighted by Crippen LogP contribution is -2.40. The first-order chi connectivity index (χ1) is 15.9. The minimum Gasteiger partial charge on any atom is -0.486 e. The second-order valence-electron chi connectivity index (χ2n) is 7.94. The van der Waals surface area contributed by atoms with E-state index in [4.69, 9.17) is 25.8 Å². The minimum atomic E-state index is -3.70. The third kappa shape index (κ3) is 4.50. The smallest absolute Gasteiger partial charge is 0.309 e. The third-order valence-electron chi connectivity index (χ3n) is 5.77. The van der Waals surface area contributed by atoms with Crippen molar-refractivity contribution >= 4 is 33.2 Å². The average molecular weight is 492 g/mol. The van der Waals surface area contributed by atoms with Crippen molar-refractivity contribution in [2.45, 2.75) is 24.3 Å². The lowest BCUT2D eigenvalue weighted by molar-refractivity contribution is -0.151. The summed E-state index contributed by atoms with van der Waals surface area (Å²) in [6.07, 6.45) is 4.27. The summed E-state index contributed by atoms with van der Waals surface area (Å²) >= 11 is 5.98. The van der Waals surface area contributed by atoms with E-state index < -0.39 is 10.0 Å². The van der Waals surface area contributed by atoms with Crippen LogP contribution in [0.25, 0.3) is 5.65 Å². The van der Waals surface area contributed by atoms with Crippen LogP contribution in [0.1, 0.15) is 18.5 Å². The first kappa shape index (κ1) is 22.0. The van der Waals surface area contributed by atoms with Gasteiger partial charge in [-0.05, 0) is 37.1 Å². The Morgan fingerprint density at radius 2 is 1.85 bits per heavy atom. The summed E-state index contributed by atoms with van der Waals surface area (Å²) in [6, 6.07) is 8.15. The van der Waals surface area contributed by atoms with E-state index in [0.717, 1.165) is 0 Å². The van der Waals surface area contributed by atoms with Crippen molar-refractivity contribution in [3.8, 4) is 11.5 Å². The van der Waals surface area contributed by atoms with E-state index in [1.807, 2.05) is 0 Å². The van der Waals surface area contributed by atoms with Gasteiger partial charge >= 0.3 is 5.97 Å². The Hall–Kier alpha value is -2.82. The fourth-order valence-corrected chi connectivity index (χ4v) is 5.67. The van der Waals surface area contributed by atoms with E-state index >= 15 is 0 Å². The van der Waals surface area contributed by atoms with Crippen molar-refractivity contribution in [3.63, 3.8) is 0 Å². The molecule has 9 nitrogen and oxygen atoms in total. The summed E-state index contributed by atoms with van der Waals surface area (Å²) in [5, 5.41) is 0.585. The number of fused-ring (bicyclic) bond motifs is 2. The van der Waals surface area contributed by atoms with Crippen LogP contribution in [0.3, 0.4) is 0 Å². The number of ether oxygens (including phenoxy) is 3. The number of halogens is 1. The molecule has 2 aliphatic rings. The molecule has 0 bridgehead atoms. The summed E-state index contributed by atoms with van der Waals surface area (Å²) in [5.41, 5.74) is 1.33. The molecule has 0 radical (unpaired) electrons. The number of esters is 1. The highest BCUT2D eigenvalue weighted by Crippen LogP contribution is 2.34. The lowest BCUT2D eigenvalue weighted by Gasteiger charge is -2.30. The molecule has 2 aromatic heterocycles. The number of carbonyl (C=O) groups excluding carboxylic acids is 1. The monoisotopic (exact) mass is 491 g/mol. The SMILES string of the molecule is O=C(OCc1cn2cc(Cl)ccc2n1)C1CCN(S(=O)(=O)c2ccc3c(c2)OCCO3)CC1. The number of rotatable bonds is 5. The van der Waals surface area contributed by atoms with Gasteiger partial charge in [-0.25, -0.2) is 13.4 Å². The standard InChI is InChI=1S/C22H22ClN3O6S/c23-16-1-4-21-24-17(13-25(21)12-16)14-32-22(27)15-5-7-26(8-6-15)33(28,29)18-2-3-19-20(11-18)31-10-9-30-19/h1-4,11-13,15H,5-10,14H2. The van der Waals surface area contributed by atoms with Crippen LogP contribution in [0.2, 0.25) is 5.02 Å². The normalized spacial score (nSPS) is 17.2. The summed E-state index contributed by atoms with van der Waals surface area (Å²) in [5.74, 6) is 0.259. The zero-order valence-electron chi connectivity index (χ0n) is 17.6. The Morgan fingerprint density at radius 3 is 2.64 bits per heavy atom. The zero-order valence-corrected chi connectivity index (χ0v) is 19.2. The Labute approximate surface area is 195 Å². The Bertz CT molecular complexity index is 1300. The Balaban J connectivity index is 1.18. The summed E-state index contributed by atoms with van der Waals surface area (Å²) in [7, 11) is -3.70. The summed E-state index contributed by atoms with van der Waals surface area (Å²) in [4.78, 5) is 17.1. The first-order valence-corrected chi connectivity index (χ1v) is 12.4. The van der Waals surface area contributed by atoms with Crippen molar-refractivity contribution in [3.05, 3.63) is 53.4 Å². The van der Waals surface area contributed by atoms with Gasteiger partial charge in [-0.1, -0.05) is 11.6 Å². The summed E-state index contributed by atoms with van der Waals surface area (Å²) < 4.78 is 45.7. The number of imidazole rings is 1. The van der Waals surface area contributed by atoms with Crippen LogP contribution in [-0.4, -0.2) is 54.4 Å². The number of nitrogens with zero attached hydrogens (tertiary/aromatic N) is 3. The zero-order chi connectivity index (χ0) is 23.0. The van der Waals surface area contributed by atoms with Gasteiger partial charge in [0.25, 0.3) is 0 Å². The molecule has 1 saturated heterocycles. The van der Waals surface area contributed by atoms with Crippen molar-refractivity contribution in [2.75, 3.05) is 26.3 Å². The van der Waals surface area contributed by atoms with E-state index in [-0.39, 0.29) is 36.5 Å². The van der Waals surface area contributed by atoms with Crippen LogP contribution in [0.4, 0.5) is 0 Å². The molecule has 1 fully saturated rings. The minimum absolute atomic E-state index is 0.0494. The number of hydrogen-bond acceptors (Lipinski definition) is 7. The van der Waals surface area contributed by atoms with Gasteiger partial charge in [0.1, 0.15) is 25.5 Å². The molecular weight excluding hydrogens is 470 g/mol. The lowest BCUT2D eigenvalue weighted by atomic mass is 9.98. The fraction of sp³-hybridized carbons (Fsp3) is 0.364. The predicted octanol–water partition coefficient (Wildman–Crippen LogP) is 2.90. The fourth-order valence-electron chi connectivity index (χ4n) is 4.01. The molecule has 0 N–H and O–H groups in total. The topological polar surface area (TPSA) is 99.4 Å². The van der Waals surface area contributed by atoms with Crippen LogP contribution in [0.15, 0.2) is 47.6 Å². The van der Waals surface area contributed by atoms with Gasteiger partial charge in [-0.15, -0.1) is 0 Å². The molecule has 0 amide bonds. The second-order valence-corrected chi connectivity index (χ2v) is 10.3. The maximum absolute atomic E-state index is 13.1. The Kier molecular flexibility index (Phi) is 5.90. The molecule has 4 heterocycles. The average Bonchev–Trinajstić information content (AvgIpc) is 3.24. The van der Waals surface area contributed by atoms with E-state index in [0.29, 0.717) is 53.9 Å². The summed E-state index contributed by atoms with van der Waals surface area (Å²) in [6.45, 7) is 1.35. The quantitative estimate of drug-likeness (QED) is 0.506. The van der Waals surface area contributed by atoms with Crippen molar-refractivity contribution < 1.29 is 27.4 Å². The number of sulfonamides is 1. The van der Waals surface area contributed by atoms with Gasteiger partial charge < -0.3 is 18.6 Å². The number of carbonyl (C=O) groups is 1. The van der Waals surface area contributed by atoms with Crippen LogP contribution >= 0.6 is 11.6 Å². The number of piperidine rings is 1. The highest BCUT2D eigenvalue weighted by atomic mass is 35.5. The predicted molar refractivity (Wildman–Crippen MR) is 119 cm³/mol. The number of hydrogen-bond donors (Lipinski definition) is 0. The molecule has 11 heteroatoms. The second kappa shape index (κ2) is 8.85. The number of benzene rings is 1. The third-order valence-corrected chi connectivity index (χ3v) is 7.88. The molecule has 0 spiro atoms. The highest BCUT2D eigenvalue weighted by molar-refractivity contribution is 7.89. The van der Waals surface area contributed by atoms with Crippen LogP contribution in [0, 0.1) is 5.92 Å².